The van der Waals surface area contributed by atoms with Crippen LogP contribution >= 0.6 is 0 Å². The highest BCUT2D eigenvalue weighted by Gasteiger charge is 2.27. The number of hydrogen-bond acceptors (Lipinski definition) is 5. The first kappa shape index (κ1) is 21.4. The van der Waals surface area contributed by atoms with E-state index < -0.39 is 27.9 Å². The number of nitrogens with one attached hydrogen (secondary N) is 1. The van der Waals surface area contributed by atoms with Gasteiger partial charge in [0.2, 0.25) is 21.8 Å². The number of hydrogen-bond donors (Lipinski definition) is 2. The van der Waals surface area contributed by atoms with Crippen LogP contribution in [0.2, 0.25) is 0 Å². The molecular formula is C15H27N3O6S. The average Bonchev–Trinajstić information content (AvgIpc) is 3.05. The lowest BCUT2D eigenvalue weighted by atomic mass is 10.2. The zero-order valence-corrected chi connectivity index (χ0v) is 15.5. The Kier molecular flexibility index (Phi) is 8.30. The summed E-state index contributed by atoms with van der Waals surface area (Å²) in [6.45, 7) is 3.96. The molecule has 0 aromatic heterocycles. The zero-order chi connectivity index (χ0) is 19.0. The molecule has 0 radical (unpaired) electrons. The number of carboxylic acid groups (broad SMARTS) is 1. The fourth-order valence-corrected chi connectivity index (χ4v) is 4.25. The Balaban J connectivity index is 2.55. The summed E-state index contributed by atoms with van der Waals surface area (Å²) in [5.74, 6) is -1.98. The highest BCUT2D eigenvalue weighted by Crippen LogP contribution is 2.15. The van der Waals surface area contributed by atoms with Crippen LogP contribution in [0, 0.1) is 0 Å². The first-order chi connectivity index (χ1) is 11.6. The molecule has 2 N–H and O–H groups in total. The lowest BCUT2D eigenvalue weighted by molar-refractivity contribution is -0.149. The van der Waals surface area contributed by atoms with E-state index in [4.69, 9.17) is 5.11 Å². The van der Waals surface area contributed by atoms with Crippen LogP contribution in [0.25, 0.3) is 0 Å². The maximum Gasteiger partial charge on any atom is 0.326 e. The van der Waals surface area contributed by atoms with Gasteiger partial charge in [0, 0.05) is 39.5 Å². The highest BCUT2D eigenvalue weighted by atomic mass is 32.2. The molecular weight excluding hydrogens is 350 g/mol. The van der Waals surface area contributed by atoms with Gasteiger partial charge in [-0.25, -0.2) is 17.5 Å². The van der Waals surface area contributed by atoms with Crippen LogP contribution in [-0.2, 0) is 24.4 Å². The molecule has 0 spiro atoms. The summed E-state index contributed by atoms with van der Waals surface area (Å²) in [5, 5.41) is 11.6. The third-order valence-electron chi connectivity index (χ3n) is 4.12. The van der Waals surface area contributed by atoms with Gasteiger partial charge in [-0.15, -0.1) is 0 Å². The molecule has 9 nitrogen and oxygen atoms in total. The molecule has 0 aromatic carbocycles. The SMILES string of the molecule is CC(=O)NCCN(C(=O)CCCS(=O)(=O)N1CCCC1)C(C)C(=O)O. The summed E-state index contributed by atoms with van der Waals surface area (Å²) in [4.78, 5) is 35.5. The van der Waals surface area contributed by atoms with Gasteiger partial charge in [0.1, 0.15) is 6.04 Å². The second-order valence-corrected chi connectivity index (χ2v) is 8.20. The Hall–Kier alpha value is -1.68. The largest absolute Gasteiger partial charge is 0.480 e. The van der Waals surface area contributed by atoms with Crippen molar-refractivity contribution in [2.24, 2.45) is 0 Å². The predicted molar refractivity (Wildman–Crippen MR) is 91.3 cm³/mol. The molecule has 1 atom stereocenters. The van der Waals surface area contributed by atoms with Gasteiger partial charge in [-0.3, -0.25) is 9.59 Å². The van der Waals surface area contributed by atoms with Crippen LogP contribution in [0.1, 0.15) is 39.5 Å². The number of sulfonamides is 1. The summed E-state index contributed by atoms with van der Waals surface area (Å²) in [7, 11) is -3.36. The van der Waals surface area contributed by atoms with E-state index in [-0.39, 0.29) is 37.6 Å². The monoisotopic (exact) mass is 377 g/mol. The summed E-state index contributed by atoms with van der Waals surface area (Å²) < 4.78 is 25.7. The normalized spacial score (nSPS) is 16.4. The molecule has 0 aromatic rings. The first-order valence-corrected chi connectivity index (χ1v) is 10.0. The molecule has 0 saturated carbocycles. The van der Waals surface area contributed by atoms with Crippen molar-refractivity contribution in [1.29, 1.82) is 0 Å². The first-order valence-electron chi connectivity index (χ1n) is 8.39. The predicted octanol–water partition coefficient (Wildman–Crippen LogP) is -0.370. The fraction of sp³-hybridized carbons (Fsp3) is 0.800. The molecule has 1 aliphatic heterocycles. The Morgan fingerprint density at radius 2 is 1.84 bits per heavy atom. The molecule has 0 aliphatic carbocycles. The number of nitrogens with zero attached hydrogens (tertiary/aromatic N) is 2. The van der Waals surface area contributed by atoms with Gasteiger partial charge >= 0.3 is 5.97 Å². The molecule has 1 rings (SSSR count). The van der Waals surface area contributed by atoms with Crippen LogP contribution in [0.5, 0.6) is 0 Å². The molecule has 144 valence electrons. The van der Waals surface area contributed by atoms with Crippen molar-refractivity contribution in [1.82, 2.24) is 14.5 Å². The van der Waals surface area contributed by atoms with Crippen LogP contribution in [0.3, 0.4) is 0 Å². The minimum Gasteiger partial charge on any atom is -0.480 e. The number of amides is 2. The molecule has 25 heavy (non-hydrogen) atoms. The van der Waals surface area contributed by atoms with Gasteiger partial charge in [-0.2, -0.15) is 0 Å². The van der Waals surface area contributed by atoms with Crippen molar-refractivity contribution < 1.29 is 27.9 Å². The standard InChI is InChI=1S/C15H27N3O6S/c1-12(15(21)22)18(10-7-16-13(2)19)14(20)6-5-11-25(23,24)17-8-3-4-9-17/h12H,3-11H2,1-2H3,(H,16,19)(H,21,22). The Bertz CT molecular complexity index is 586. The van der Waals surface area contributed by atoms with E-state index in [2.05, 4.69) is 5.32 Å². The van der Waals surface area contributed by atoms with Crippen LogP contribution in [0.15, 0.2) is 0 Å². The van der Waals surface area contributed by atoms with E-state index in [0.717, 1.165) is 17.7 Å². The molecule has 1 heterocycles. The van der Waals surface area contributed by atoms with E-state index in [1.807, 2.05) is 0 Å². The summed E-state index contributed by atoms with van der Waals surface area (Å²) in [6.07, 6.45) is 1.79. The van der Waals surface area contributed by atoms with E-state index in [1.165, 1.54) is 18.2 Å². The van der Waals surface area contributed by atoms with Gasteiger partial charge in [-0.05, 0) is 26.2 Å². The van der Waals surface area contributed by atoms with Crippen molar-refractivity contribution in [2.75, 3.05) is 31.9 Å². The number of carboxylic acids is 1. The van der Waals surface area contributed by atoms with E-state index in [9.17, 15) is 22.8 Å². The van der Waals surface area contributed by atoms with E-state index >= 15 is 0 Å². The lowest BCUT2D eigenvalue weighted by Crippen LogP contribution is -2.46. The highest BCUT2D eigenvalue weighted by molar-refractivity contribution is 7.89. The van der Waals surface area contributed by atoms with Crippen molar-refractivity contribution in [3.05, 3.63) is 0 Å². The van der Waals surface area contributed by atoms with Gasteiger partial charge in [-0.1, -0.05) is 0 Å². The summed E-state index contributed by atoms with van der Waals surface area (Å²) in [6, 6.07) is -1.04. The lowest BCUT2D eigenvalue weighted by Gasteiger charge is -2.26. The van der Waals surface area contributed by atoms with Crippen LogP contribution in [0.4, 0.5) is 0 Å². The van der Waals surface area contributed by atoms with Crippen molar-refractivity contribution in [3.63, 3.8) is 0 Å². The Labute approximate surface area is 148 Å². The third-order valence-corrected chi connectivity index (χ3v) is 6.08. The second-order valence-electron chi connectivity index (χ2n) is 6.11. The Morgan fingerprint density at radius 3 is 2.36 bits per heavy atom. The van der Waals surface area contributed by atoms with E-state index in [0.29, 0.717) is 13.1 Å². The molecule has 1 saturated heterocycles. The van der Waals surface area contributed by atoms with Crippen molar-refractivity contribution in [3.8, 4) is 0 Å². The smallest absolute Gasteiger partial charge is 0.326 e. The van der Waals surface area contributed by atoms with Gasteiger partial charge < -0.3 is 15.3 Å². The van der Waals surface area contributed by atoms with Gasteiger partial charge in [0.25, 0.3) is 0 Å². The minimum atomic E-state index is -3.36. The number of carbonyl (C=O) groups is 3. The van der Waals surface area contributed by atoms with Gasteiger partial charge in [0.15, 0.2) is 0 Å². The molecule has 10 heteroatoms. The van der Waals surface area contributed by atoms with Gasteiger partial charge in [0.05, 0.1) is 5.75 Å². The maximum atomic E-state index is 12.3. The molecule has 1 unspecified atom stereocenters. The van der Waals surface area contributed by atoms with Crippen molar-refractivity contribution in [2.45, 2.75) is 45.6 Å². The third kappa shape index (κ3) is 6.99. The molecule has 1 aliphatic rings. The van der Waals surface area contributed by atoms with Crippen LogP contribution < -0.4 is 5.32 Å². The molecule has 1 fully saturated rings. The summed E-state index contributed by atoms with van der Waals surface area (Å²) >= 11 is 0. The molecule has 0 bridgehead atoms. The van der Waals surface area contributed by atoms with Crippen LogP contribution in [-0.4, -0.2) is 78.5 Å². The molecule has 2 amide bonds. The summed E-state index contributed by atoms with van der Waals surface area (Å²) in [5.41, 5.74) is 0. The quantitative estimate of drug-likeness (QED) is 0.535. The average molecular weight is 377 g/mol. The Morgan fingerprint density at radius 1 is 1.24 bits per heavy atom. The zero-order valence-electron chi connectivity index (χ0n) is 14.7. The van der Waals surface area contributed by atoms with Crippen molar-refractivity contribution >= 4 is 27.8 Å². The number of aliphatic carboxylic acids is 1. The minimum absolute atomic E-state index is 0.0508. The van der Waals surface area contributed by atoms with E-state index in [1.54, 1.807) is 0 Å². The second kappa shape index (κ2) is 9.71. The topological polar surface area (TPSA) is 124 Å². The number of rotatable bonds is 10. The number of carbonyl (C=O) groups excluding carboxylic acids is 2. The fourth-order valence-electron chi connectivity index (χ4n) is 2.66. The maximum absolute atomic E-state index is 12.3.